The molecule has 0 spiro atoms. The van der Waals surface area contributed by atoms with Crippen molar-refractivity contribution in [1.82, 2.24) is 0 Å². The minimum Gasteiger partial charge on any atom is -0.478 e. The van der Waals surface area contributed by atoms with Gasteiger partial charge >= 0.3 is 5.97 Å². The van der Waals surface area contributed by atoms with Crippen molar-refractivity contribution in [3.05, 3.63) is 22.8 Å². The van der Waals surface area contributed by atoms with Gasteiger partial charge < -0.3 is 5.11 Å². The zero-order valence-electron chi connectivity index (χ0n) is 22.5. The van der Waals surface area contributed by atoms with Crippen LogP contribution >= 0.6 is 0 Å². The lowest BCUT2D eigenvalue weighted by Gasteiger charge is -2.59. The van der Waals surface area contributed by atoms with Crippen LogP contribution in [0.25, 0.3) is 0 Å². The molecule has 0 amide bonds. The predicted octanol–water partition coefficient (Wildman–Crippen LogP) is 6.11. The molecule has 4 aliphatic carbocycles. The predicted molar refractivity (Wildman–Crippen MR) is 135 cm³/mol. The molecular weight excluding hydrogens is 440 g/mol. The first kappa shape index (κ1) is 26.0. The molecule has 6 unspecified atom stereocenters. The highest BCUT2D eigenvalue weighted by Crippen LogP contribution is 2.70. The fourth-order valence-corrected chi connectivity index (χ4v) is 8.77. The summed E-state index contributed by atoms with van der Waals surface area (Å²) in [5.41, 5.74) is 0.240. The lowest BCUT2D eigenvalue weighted by Crippen LogP contribution is -2.58. The quantitative estimate of drug-likeness (QED) is 0.478. The summed E-state index contributed by atoms with van der Waals surface area (Å²) in [6, 6.07) is 0. The van der Waals surface area contributed by atoms with Crippen LogP contribution in [0.1, 0.15) is 99.8 Å². The maximum atomic E-state index is 14.0. The van der Waals surface area contributed by atoms with Crippen LogP contribution in [0.4, 0.5) is 0 Å². The molecule has 0 aliphatic heterocycles. The summed E-state index contributed by atoms with van der Waals surface area (Å²) < 4.78 is 0. The molecule has 2 fully saturated rings. The molecule has 1 N–H and O–H groups in total. The molecule has 5 heteroatoms. The van der Waals surface area contributed by atoms with E-state index in [1.807, 2.05) is 13.8 Å². The Balaban J connectivity index is 1.72. The number of allylic oxidation sites excluding steroid dienone is 3. The molecule has 4 rings (SSSR count). The van der Waals surface area contributed by atoms with Gasteiger partial charge in [0.1, 0.15) is 5.78 Å². The summed E-state index contributed by atoms with van der Waals surface area (Å²) in [4.78, 5) is 51.8. The molecule has 0 bridgehead atoms. The molecule has 0 heterocycles. The molecule has 2 saturated carbocycles. The monoisotopic (exact) mass is 482 g/mol. The van der Waals surface area contributed by atoms with Crippen molar-refractivity contribution < 1.29 is 24.3 Å². The Kier molecular flexibility index (Phi) is 6.13. The second-order valence-corrected chi connectivity index (χ2v) is 13.2. The van der Waals surface area contributed by atoms with Gasteiger partial charge in [-0.05, 0) is 62.2 Å². The zero-order chi connectivity index (χ0) is 26.1. The van der Waals surface area contributed by atoms with E-state index < -0.39 is 16.8 Å². The van der Waals surface area contributed by atoms with E-state index in [9.17, 15) is 19.2 Å². The SMILES string of the molecule is C/C(=C\CCC(C)C1CCC2(C)C3=C(C(=O)CC12C)C1(C)CCC(=O)C(C)(C)C1CC3=O)C(=O)O. The Labute approximate surface area is 209 Å². The number of carbonyl (C=O) groups is 4. The molecule has 5 nitrogen and oxygen atoms in total. The maximum Gasteiger partial charge on any atom is 0.330 e. The smallest absolute Gasteiger partial charge is 0.330 e. The van der Waals surface area contributed by atoms with Crippen LogP contribution in [0.5, 0.6) is 0 Å². The molecular formula is C30H42O5. The van der Waals surface area contributed by atoms with Crippen molar-refractivity contribution in [2.75, 3.05) is 0 Å². The number of aliphatic carboxylic acids is 1. The molecule has 6 atom stereocenters. The summed E-state index contributed by atoms with van der Waals surface area (Å²) >= 11 is 0. The van der Waals surface area contributed by atoms with Crippen molar-refractivity contribution in [2.24, 2.45) is 39.4 Å². The van der Waals surface area contributed by atoms with Gasteiger partial charge in [-0.2, -0.15) is 0 Å². The fourth-order valence-electron chi connectivity index (χ4n) is 8.77. The van der Waals surface area contributed by atoms with Gasteiger partial charge in [0, 0.05) is 52.2 Å². The Morgan fingerprint density at radius 3 is 2.34 bits per heavy atom. The topological polar surface area (TPSA) is 88.5 Å². The van der Waals surface area contributed by atoms with E-state index in [0.29, 0.717) is 49.5 Å². The van der Waals surface area contributed by atoms with Gasteiger partial charge in [0.15, 0.2) is 11.6 Å². The first-order valence-electron chi connectivity index (χ1n) is 13.4. The third kappa shape index (κ3) is 3.54. The third-order valence-corrected chi connectivity index (χ3v) is 11.2. The molecule has 35 heavy (non-hydrogen) atoms. The number of carboxylic acids is 1. The Morgan fingerprint density at radius 2 is 1.71 bits per heavy atom. The van der Waals surface area contributed by atoms with Gasteiger partial charge in [-0.3, -0.25) is 14.4 Å². The number of fused-ring (bicyclic) bond motifs is 4. The van der Waals surface area contributed by atoms with Crippen LogP contribution in [0.2, 0.25) is 0 Å². The van der Waals surface area contributed by atoms with Crippen LogP contribution < -0.4 is 0 Å². The minimum atomic E-state index is -0.884. The van der Waals surface area contributed by atoms with Gasteiger partial charge in [0.05, 0.1) is 0 Å². The largest absolute Gasteiger partial charge is 0.478 e. The van der Waals surface area contributed by atoms with Gasteiger partial charge in [-0.15, -0.1) is 0 Å². The Hall–Kier alpha value is -2.04. The normalized spacial score (nSPS) is 39.7. The van der Waals surface area contributed by atoms with E-state index in [1.54, 1.807) is 13.0 Å². The molecule has 0 radical (unpaired) electrons. The number of hydrogen-bond donors (Lipinski definition) is 1. The van der Waals surface area contributed by atoms with Crippen molar-refractivity contribution in [1.29, 1.82) is 0 Å². The van der Waals surface area contributed by atoms with E-state index in [0.717, 1.165) is 30.4 Å². The van der Waals surface area contributed by atoms with E-state index in [2.05, 4.69) is 27.7 Å². The van der Waals surface area contributed by atoms with Crippen LogP contribution in [0.15, 0.2) is 22.8 Å². The second-order valence-electron chi connectivity index (χ2n) is 13.2. The van der Waals surface area contributed by atoms with E-state index in [-0.39, 0.29) is 34.1 Å². The van der Waals surface area contributed by atoms with Gasteiger partial charge in [-0.1, -0.05) is 47.6 Å². The van der Waals surface area contributed by atoms with E-state index >= 15 is 0 Å². The fraction of sp³-hybridized carbons (Fsp3) is 0.733. The number of rotatable bonds is 5. The summed E-state index contributed by atoms with van der Waals surface area (Å²) in [6.07, 6.45) is 7.14. The Bertz CT molecular complexity index is 1060. The number of carboxylic acid groups (broad SMARTS) is 1. The van der Waals surface area contributed by atoms with Gasteiger partial charge in [0.25, 0.3) is 0 Å². The van der Waals surface area contributed by atoms with Gasteiger partial charge in [-0.25, -0.2) is 4.79 Å². The highest BCUT2D eigenvalue weighted by atomic mass is 16.4. The van der Waals surface area contributed by atoms with Crippen LogP contribution in [0, 0.1) is 39.4 Å². The zero-order valence-corrected chi connectivity index (χ0v) is 22.5. The standard InChI is InChI=1S/C30H42O5/c1-17(9-8-10-18(2)26(34)35)19-11-14-29(6)25-20(31)15-22-27(3,4)23(33)12-13-28(22,5)24(25)21(32)16-30(19,29)7/h10,17,19,22H,8-9,11-16H2,1-7H3,(H,34,35)/b18-10+. The summed E-state index contributed by atoms with van der Waals surface area (Å²) in [6.45, 7) is 14.3. The summed E-state index contributed by atoms with van der Waals surface area (Å²) in [7, 11) is 0. The lowest BCUT2D eigenvalue weighted by molar-refractivity contribution is -0.146. The lowest BCUT2D eigenvalue weighted by atomic mass is 9.43. The van der Waals surface area contributed by atoms with Gasteiger partial charge in [0.2, 0.25) is 0 Å². The molecule has 0 aromatic heterocycles. The maximum absolute atomic E-state index is 14.0. The first-order chi connectivity index (χ1) is 16.1. The van der Waals surface area contributed by atoms with Crippen molar-refractivity contribution >= 4 is 23.3 Å². The molecule has 0 saturated heterocycles. The van der Waals surface area contributed by atoms with Crippen LogP contribution in [-0.2, 0) is 19.2 Å². The van der Waals surface area contributed by atoms with Crippen molar-refractivity contribution in [2.45, 2.75) is 99.8 Å². The first-order valence-corrected chi connectivity index (χ1v) is 13.4. The van der Waals surface area contributed by atoms with E-state index in [4.69, 9.17) is 5.11 Å². The number of carbonyl (C=O) groups excluding carboxylic acids is 3. The highest BCUT2D eigenvalue weighted by molar-refractivity contribution is 6.12. The average molecular weight is 483 g/mol. The van der Waals surface area contributed by atoms with Crippen LogP contribution in [-0.4, -0.2) is 28.4 Å². The Morgan fingerprint density at radius 1 is 1.06 bits per heavy atom. The summed E-state index contributed by atoms with van der Waals surface area (Å²) in [5.74, 6) is 0.0184. The molecule has 0 aromatic carbocycles. The second kappa shape index (κ2) is 8.24. The number of hydrogen-bond acceptors (Lipinski definition) is 4. The van der Waals surface area contributed by atoms with E-state index in [1.165, 1.54) is 0 Å². The molecule has 192 valence electrons. The molecule has 4 aliphatic rings. The van der Waals surface area contributed by atoms with Crippen molar-refractivity contribution in [3.63, 3.8) is 0 Å². The van der Waals surface area contributed by atoms with Crippen molar-refractivity contribution in [3.8, 4) is 0 Å². The average Bonchev–Trinajstić information content (AvgIpc) is 3.03. The third-order valence-electron chi connectivity index (χ3n) is 11.2. The number of Topliss-reactive ketones (excluding diaryl/α,β-unsaturated/α-hetero) is 3. The number of ketones is 3. The molecule has 0 aromatic rings. The highest BCUT2D eigenvalue weighted by Gasteiger charge is 2.67. The van der Waals surface area contributed by atoms with Crippen LogP contribution in [0.3, 0.4) is 0 Å². The summed E-state index contributed by atoms with van der Waals surface area (Å²) in [5, 5.41) is 9.14. The minimum absolute atomic E-state index is 0.0837.